The highest BCUT2D eigenvalue weighted by Gasteiger charge is 2.23. The van der Waals surface area contributed by atoms with Gasteiger partial charge in [-0.15, -0.1) is 11.8 Å². The molecule has 2 aromatic heterocycles. The summed E-state index contributed by atoms with van der Waals surface area (Å²) in [6, 6.07) is 0. The normalized spacial score (nSPS) is 18.3. The quantitative estimate of drug-likeness (QED) is 0.577. The Labute approximate surface area is 157 Å². The number of piperidine rings is 1. The van der Waals surface area contributed by atoms with E-state index in [0.29, 0.717) is 10.9 Å². The van der Waals surface area contributed by atoms with Crippen LogP contribution in [0.25, 0.3) is 0 Å². The standard InChI is InChI=1S/C16H24N4O2S2Si/c1-25(2,3)13-8-18-12(22-13)10-23-14-9-19-16(24-14)20-15(21)11-5-4-6-17-7-11/h8-9,11,17H,4-7,10H2,1-3H3,(H,19,20,21). The van der Waals surface area contributed by atoms with E-state index in [-0.39, 0.29) is 11.8 Å². The second-order valence-electron chi connectivity index (χ2n) is 7.17. The number of amides is 1. The molecule has 1 fully saturated rings. The molecule has 1 atom stereocenters. The van der Waals surface area contributed by atoms with Crippen LogP contribution in [0.15, 0.2) is 21.0 Å². The summed E-state index contributed by atoms with van der Waals surface area (Å²) in [7, 11) is -1.45. The fourth-order valence-electron chi connectivity index (χ4n) is 2.52. The first kappa shape index (κ1) is 18.6. The van der Waals surface area contributed by atoms with Crippen molar-refractivity contribution in [1.29, 1.82) is 0 Å². The van der Waals surface area contributed by atoms with Crippen LogP contribution in [0.4, 0.5) is 5.13 Å². The van der Waals surface area contributed by atoms with E-state index in [1.54, 1.807) is 18.0 Å². The molecule has 0 radical (unpaired) electrons. The van der Waals surface area contributed by atoms with Crippen molar-refractivity contribution in [2.75, 3.05) is 18.4 Å². The molecule has 3 heterocycles. The van der Waals surface area contributed by atoms with Crippen molar-refractivity contribution in [2.24, 2.45) is 5.92 Å². The summed E-state index contributed by atoms with van der Waals surface area (Å²) < 4.78 is 6.90. The molecule has 0 spiro atoms. The Morgan fingerprint density at radius 2 is 2.28 bits per heavy atom. The van der Waals surface area contributed by atoms with Gasteiger partial charge in [0.1, 0.15) is 13.5 Å². The molecular formula is C16H24N4O2S2Si. The smallest absolute Gasteiger partial charge is 0.230 e. The Kier molecular flexibility index (Phi) is 5.98. The number of hydrogen-bond acceptors (Lipinski definition) is 7. The van der Waals surface area contributed by atoms with Crippen LogP contribution in [0.1, 0.15) is 18.7 Å². The van der Waals surface area contributed by atoms with Crippen LogP contribution in [-0.4, -0.2) is 37.0 Å². The Morgan fingerprint density at radius 1 is 1.44 bits per heavy atom. The number of anilines is 1. The number of nitrogens with zero attached hydrogens (tertiary/aromatic N) is 2. The maximum Gasteiger partial charge on any atom is 0.230 e. The first-order valence-electron chi connectivity index (χ1n) is 8.47. The molecule has 2 aromatic rings. The first-order valence-corrected chi connectivity index (χ1v) is 13.8. The Morgan fingerprint density at radius 3 is 2.96 bits per heavy atom. The van der Waals surface area contributed by atoms with Crippen molar-refractivity contribution in [3.05, 3.63) is 18.3 Å². The van der Waals surface area contributed by atoms with Crippen LogP contribution < -0.4 is 16.0 Å². The van der Waals surface area contributed by atoms with Gasteiger partial charge in [0.2, 0.25) is 11.8 Å². The van der Waals surface area contributed by atoms with Crippen LogP contribution in [0.3, 0.4) is 0 Å². The molecule has 25 heavy (non-hydrogen) atoms. The molecule has 0 aromatic carbocycles. The van der Waals surface area contributed by atoms with Crippen molar-refractivity contribution >= 4 is 47.6 Å². The summed E-state index contributed by atoms with van der Waals surface area (Å²) in [5, 5.41) is 7.89. The van der Waals surface area contributed by atoms with Gasteiger partial charge in [0, 0.05) is 6.54 Å². The average Bonchev–Trinajstić information content (AvgIpc) is 3.22. The topological polar surface area (TPSA) is 80.0 Å². The molecule has 1 aliphatic heterocycles. The maximum atomic E-state index is 12.2. The predicted octanol–water partition coefficient (Wildman–Crippen LogP) is 2.91. The zero-order chi connectivity index (χ0) is 17.9. The lowest BCUT2D eigenvalue weighted by molar-refractivity contribution is -0.120. The number of nitrogens with one attached hydrogen (secondary N) is 2. The number of aromatic nitrogens is 2. The zero-order valence-corrected chi connectivity index (χ0v) is 17.4. The number of carbonyl (C=O) groups is 1. The van der Waals surface area contributed by atoms with Gasteiger partial charge in [0.25, 0.3) is 0 Å². The fourth-order valence-corrected chi connectivity index (χ4v) is 5.13. The summed E-state index contributed by atoms with van der Waals surface area (Å²) in [5.41, 5.74) is 0. The summed E-state index contributed by atoms with van der Waals surface area (Å²) in [4.78, 5) is 20.9. The number of rotatable bonds is 6. The largest absolute Gasteiger partial charge is 0.450 e. The summed E-state index contributed by atoms with van der Waals surface area (Å²) in [6.45, 7) is 8.48. The van der Waals surface area contributed by atoms with E-state index in [2.05, 4.69) is 40.2 Å². The predicted molar refractivity (Wildman–Crippen MR) is 105 cm³/mol. The fraction of sp³-hybridized carbons (Fsp3) is 0.562. The van der Waals surface area contributed by atoms with E-state index in [0.717, 1.165) is 41.4 Å². The summed E-state index contributed by atoms with van der Waals surface area (Å²) in [6.07, 6.45) is 5.65. The number of hydrogen-bond donors (Lipinski definition) is 2. The lowest BCUT2D eigenvalue weighted by atomic mass is 9.99. The molecule has 6 nitrogen and oxygen atoms in total. The van der Waals surface area contributed by atoms with Crippen LogP contribution in [0, 0.1) is 5.92 Å². The van der Waals surface area contributed by atoms with Crippen LogP contribution in [0.2, 0.25) is 19.6 Å². The van der Waals surface area contributed by atoms with Crippen molar-refractivity contribution in [3.63, 3.8) is 0 Å². The monoisotopic (exact) mass is 396 g/mol. The van der Waals surface area contributed by atoms with Gasteiger partial charge in [-0.05, 0) is 19.4 Å². The third-order valence-electron chi connectivity index (χ3n) is 4.01. The Balaban J connectivity index is 1.51. The SMILES string of the molecule is C[Si](C)(C)c1cnc(CSc2cnc(NC(=O)C3CCCNC3)s2)o1. The highest BCUT2D eigenvalue weighted by atomic mass is 32.2. The van der Waals surface area contributed by atoms with E-state index in [4.69, 9.17) is 4.42 Å². The third kappa shape index (κ3) is 5.16. The molecule has 0 aliphatic carbocycles. The molecule has 1 unspecified atom stereocenters. The molecule has 1 amide bonds. The molecule has 0 bridgehead atoms. The molecule has 0 saturated carbocycles. The van der Waals surface area contributed by atoms with Crippen LogP contribution in [0.5, 0.6) is 0 Å². The van der Waals surface area contributed by atoms with E-state index in [1.165, 1.54) is 11.3 Å². The molecule has 1 saturated heterocycles. The minimum absolute atomic E-state index is 0.0426. The maximum absolute atomic E-state index is 12.2. The lowest BCUT2D eigenvalue weighted by Gasteiger charge is -2.21. The molecular weight excluding hydrogens is 372 g/mol. The van der Waals surface area contributed by atoms with Gasteiger partial charge in [-0.25, -0.2) is 9.97 Å². The van der Waals surface area contributed by atoms with Crippen LogP contribution in [-0.2, 0) is 10.5 Å². The molecule has 1 aliphatic rings. The lowest BCUT2D eigenvalue weighted by Crippen LogP contribution is -2.37. The highest BCUT2D eigenvalue weighted by Crippen LogP contribution is 2.30. The van der Waals surface area contributed by atoms with Gasteiger partial charge in [-0.1, -0.05) is 31.0 Å². The first-order chi connectivity index (χ1) is 11.9. The van der Waals surface area contributed by atoms with E-state index >= 15 is 0 Å². The molecule has 3 rings (SSSR count). The second-order valence-corrected chi connectivity index (χ2v) is 14.5. The minimum Gasteiger partial charge on any atom is -0.450 e. The summed E-state index contributed by atoms with van der Waals surface area (Å²) in [5.74, 6) is 1.52. The third-order valence-corrected chi connectivity index (χ3v) is 7.81. The summed E-state index contributed by atoms with van der Waals surface area (Å²) >= 11 is 3.13. The van der Waals surface area contributed by atoms with Crippen LogP contribution >= 0.6 is 23.1 Å². The highest BCUT2D eigenvalue weighted by molar-refractivity contribution is 8.00. The minimum atomic E-state index is -1.45. The van der Waals surface area contributed by atoms with Gasteiger partial charge in [-0.2, -0.15) is 0 Å². The van der Waals surface area contributed by atoms with Crippen molar-refractivity contribution in [2.45, 2.75) is 42.4 Å². The van der Waals surface area contributed by atoms with E-state index < -0.39 is 8.07 Å². The second kappa shape index (κ2) is 8.03. The van der Waals surface area contributed by atoms with Gasteiger partial charge in [0.15, 0.2) is 5.13 Å². The number of carbonyl (C=O) groups excluding carboxylic acids is 1. The zero-order valence-electron chi connectivity index (χ0n) is 14.8. The van der Waals surface area contributed by atoms with E-state index in [9.17, 15) is 4.79 Å². The van der Waals surface area contributed by atoms with Crippen molar-refractivity contribution in [3.8, 4) is 0 Å². The Hall–Kier alpha value is -1.16. The van der Waals surface area contributed by atoms with Gasteiger partial charge in [-0.3, -0.25) is 4.79 Å². The average molecular weight is 397 g/mol. The molecule has 136 valence electrons. The van der Waals surface area contributed by atoms with Gasteiger partial charge >= 0.3 is 0 Å². The van der Waals surface area contributed by atoms with Crippen molar-refractivity contribution < 1.29 is 9.21 Å². The number of oxazole rings is 1. The number of thioether (sulfide) groups is 1. The van der Waals surface area contributed by atoms with E-state index in [1.807, 2.05) is 6.20 Å². The molecule has 2 N–H and O–H groups in total. The van der Waals surface area contributed by atoms with Gasteiger partial charge < -0.3 is 15.1 Å². The molecule has 9 heteroatoms. The van der Waals surface area contributed by atoms with Crippen molar-refractivity contribution in [1.82, 2.24) is 15.3 Å². The number of thiazole rings is 1. The Bertz CT molecular complexity index is 720. The van der Waals surface area contributed by atoms with Gasteiger partial charge in [0.05, 0.1) is 28.3 Å².